The summed E-state index contributed by atoms with van der Waals surface area (Å²) < 4.78 is 0. The molecule has 2 aromatic carbocycles. The molecule has 110 valence electrons. The van der Waals surface area contributed by atoms with Crippen LogP contribution in [0.5, 0.6) is 0 Å². The first-order valence-corrected chi connectivity index (χ1v) is 7.66. The number of nitrogens with one attached hydrogen (secondary N) is 1. The molecule has 1 amide bonds. The number of hydrogen-bond donors (Lipinski definition) is 2. The maximum atomic E-state index is 12.2. The van der Waals surface area contributed by atoms with Gasteiger partial charge in [-0.15, -0.1) is 0 Å². The topological polar surface area (TPSA) is 49.3 Å². The summed E-state index contributed by atoms with van der Waals surface area (Å²) in [5.74, 6) is -0.102. The molecule has 0 aromatic heterocycles. The Morgan fingerprint density at radius 2 is 1.76 bits per heavy atom. The van der Waals surface area contributed by atoms with Crippen molar-refractivity contribution in [2.24, 2.45) is 0 Å². The van der Waals surface area contributed by atoms with E-state index in [0.717, 1.165) is 30.2 Å². The first kappa shape index (κ1) is 14.1. The van der Waals surface area contributed by atoms with Crippen LogP contribution < -0.4 is 5.32 Å². The molecule has 21 heavy (non-hydrogen) atoms. The zero-order valence-electron chi connectivity index (χ0n) is 12.1. The van der Waals surface area contributed by atoms with E-state index in [9.17, 15) is 9.90 Å². The molecule has 0 saturated heterocycles. The van der Waals surface area contributed by atoms with Crippen molar-refractivity contribution < 1.29 is 9.90 Å². The van der Waals surface area contributed by atoms with Crippen LogP contribution in [0.15, 0.2) is 42.5 Å². The minimum Gasteiger partial charge on any atom is -0.371 e. The lowest BCUT2D eigenvalue weighted by Crippen LogP contribution is -2.50. The summed E-state index contributed by atoms with van der Waals surface area (Å²) >= 11 is 0. The normalized spacial score (nSPS) is 17.6. The van der Waals surface area contributed by atoms with Crippen molar-refractivity contribution in [1.29, 1.82) is 0 Å². The average Bonchev–Trinajstić information content (AvgIpc) is 2.47. The second-order valence-corrected chi connectivity index (χ2v) is 6.00. The third kappa shape index (κ3) is 3.42. The molecule has 3 nitrogen and oxygen atoms in total. The Morgan fingerprint density at radius 3 is 2.52 bits per heavy atom. The van der Waals surface area contributed by atoms with Crippen LogP contribution in [0.1, 0.15) is 37.7 Å². The van der Waals surface area contributed by atoms with E-state index in [1.165, 1.54) is 5.39 Å². The van der Waals surface area contributed by atoms with Gasteiger partial charge in [0.1, 0.15) is 5.72 Å². The van der Waals surface area contributed by atoms with Gasteiger partial charge in [0.05, 0.1) is 6.42 Å². The van der Waals surface area contributed by atoms with Crippen LogP contribution >= 0.6 is 0 Å². The van der Waals surface area contributed by atoms with Crippen LogP contribution in [0.25, 0.3) is 10.8 Å². The van der Waals surface area contributed by atoms with Gasteiger partial charge in [0.15, 0.2) is 0 Å². The molecule has 0 heterocycles. The number of hydrogen-bond acceptors (Lipinski definition) is 2. The van der Waals surface area contributed by atoms with Gasteiger partial charge in [-0.05, 0) is 42.0 Å². The van der Waals surface area contributed by atoms with Gasteiger partial charge in [-0.25, -0.2) is 0 Å². The van der Waals surface area contributed by atoms with Crippen LogP contribution in [0.2, 0.25) is 0 Å². The summed E-state index contributed by atoms with van der Waals surface area (Å²) in [5, 5.41) is 15.5. The quantitative estimate of drug-likeness (QED) is 0.850. The molecule has 0 unspecified atom stereocenters. The number of aliphatic hydroxyl groups is 1. The molecule has 1 aliphatic carbocycles. The van der Waals surface area contributed by atoms with Gasteiger partial charge in [0.25, 0.3) is 0 Å². The zero-order chi connectivity index (χ0) is 14.7. The average molecular weight is 283 g/mol. The Kier molecular flexibility index (Phi) is 3.93. The summed E-state index contributed by atoms with van der Waals surface area (Å²) in [6.45, 7) is 0. The Labute approximate surface area is 125 Å². The molecule has 2 aromatic rings. The largest absolute Gasteiger partial charge is 0.371 e. The van der Waals surface area contributed by atoms with E-state index in [4.69, 9.17) is 0 Å². The first-order chi connectivity index (χ1) is 10.1. The van der Waals surface area contributed by atoms with E-state index in [1.807, 2.05) is 36.4 Å². The summed E-state index contributed by atoms with van der Waals surface area (Å²) in [5.41, 5.74) is -0.0165. The molecule has 0 radical (unpaired) electrons. The van der Waals surface area contributed by atoms with Crippen LogP contribution in [0.4, 0.5) is 0 Å². The lowest BCUT2D eigenvalue weighted by Gasteiger charge is -2.32. The van der Waals surface area contributed by atoms with E-state index in [0.29, 0.717) is 19.3 Å². The molecule has 0 bridgehead atoms. The number of carbonyl (C=O) groups is 1. The van der Waals surface area contributed by atoms with Crippen molar-refractivity contribution in [3.05, 3.63) is 48.0 Å². The second kappa shape index (κ2) is 5.86. The molecule has 0 atom stereocenters. The van der Waals surface area contributed by atoms with Crippen LogP contribution in [-0.2, 0) is 11.2 Å². The Hall–Kier alpha value is -1.87. The van der Waals surface area contributed by atoms with Crippen LogP contribution in [0, 0.1) is 0 Å². The summed E-state index contributed by atoms with van der Waals surface area (Å²) in [6, 6.07) is 14.2. The summed E-state index contributed by atoms with van der Waals surface area (Å²) in [4.78, 5) is 12.2. The minimum absolute atomic E-state index is 0.102. The molecular formula is C18H21NO2. The molecule has 1 aliphatic rings. The molecular weight excluding hydrogens is 262 g/mol. The zero-order valence-corrected chi connectivity index (χ0v) is 12.1. The third-order valence-corrected chi connectivity index (χ3v) is 4.23. The van der Waals surface area contributed by atoms with Crippen molar-refractivity contribution in [3.8, 4) is 0 Å². The molecule has 0 aliphatic heterocycles. The highest BCUT2D eigenvalue weighted by Gasteiger charge is 2.30. The Balaban J connectivity index is 1.68. The SMILES string of the molecule is O=C(Cc1ccc2ccccc2c1)NC1(O)CCCCC1. The highest BCUT2D eigenvalue weighted by Crippen LogP contribution is 2.25. The monoisotopic (exact) mass is 283 g/mol. The predicted molar refractivity (Wildman–Crippen MR) is 83.8 cm³/mol. The fourth-order valence-corrected chi connectivity index (χ4v) is 3.10. The number of carbonyl (C=O) groups excluding carboxylic acids is 1. The van der Waals surface area contributed by atoms with Gasteiger partial charge >= 0.3 is 0 Å². The van der Waals surface area contributed by atoms with Crippen molar-refractivity contribution in [1.82, 2.24) is 5.32 Å². The molecule has 1 fully saturated rings. The summed E-state index contributed by atoms with van der Waals surface area (Å²) in [7, 11) is 0. The van der Waals surface area contributed by atoms with Crippen molar-refractivity contribution in [2.75, 3.05) is 0 Å². The second-order valence-electron chi connectivity index (χ2n) is 6.00. The van der Waals surface area contributed by atoms with Gasteiger partial charge in [0, 0.05) is 0 Å². The smallest absolute Gasteiger partial charge is 0.226 e. The predicted octanol–water partition coefficient (Wildman–Crippen LogP) is 3.15. The van der Waals surface area contributed by atoms with Gasteiger partial charge in [0.2, 0.25) is 5.91 Å². The molecule has 2 N–H and O–H groups in total. The van der Waals surface area contributed by atoms with E-state index < -0.39 is 5.72 Å². The van der Waals surface area contributed by atoms with E-state index in [1.54, 1.807) is 0 Å². The van der Waals surface area contributed by atoms with Gasteiger partial charge in [-0.3, -0.25) is 4.79 Å². The number of rotatable bonds is 3. The molecule has 0 spiro atoms. The van der Waals surface area contributed by atoms with Gasteiger partial charge in [-0.1, -0.05) is 48.9 Å². The van der Waals surface area contributed by atoms with Crippen LogP contribution in [0.3, 0.4) is 0 Å². The number of benzene rings is 2. The highest BCUT2D eigenvalue weighted by molar-refractivity contribution is 5.85. The van der Waals surface area contributed by atoms with Gasteiger partial charge < -0.3 is 10.4 Å². The fourth-order valence-electron chi connectivity index (χ4n) is 3.10. The Morgan fingerprint density at radius 1 is 1.05 bits per heavy atom. The van der Waals surface area contributed by atoms with E-state index in [2.05, 4.69) is 11.4 Å². The minimum atomic E-state index is -0.994. The highest BCUT2D eigenvalue weighted by atomic mass is 16.3. The number of amides is 1. The summed E-state index contributed by atoms with van der Waals surface area (Å²) in [6.07, 6.45) is 4.74. The first-order valence-electron chi connectivity index (χ1n) is 7.66. The maximum Gasteiger partial charge on any atom is 0.226 e. The van der Waals surface area contributed by atoms with Gasteiger partial charge in [-0.2, -0.15) is 0 Å². The lowest BCUT2D eigenvalue weighted by molar-refractivity contribution is -0.130. The van der Waals surface area contributed by atoms with E-state index >= 15 is 0 Å². The molecule has 1 saturated carbocycles. The molecule has 3 heteroatoms. The van der Waals surface area contributed by atoms with E-state index in [-0.39, 0.29) is 5.91 Å². The fraction of sp³-hybridized carbons (Fsp3) is 0.389. The maximum absolute atomic E-state index is 12.2. The molecule has 3 rings (SSSR count). The lowest BCUT2D eigenvalue weighted by atomic mass is 9.91. The van der Waals surface area contributed by atoms with Crippen molar-refractivity contribution in [3.63, 3.8) is 0 Å². The third-order valence-electron chi connectivity index (χ3n) is 4.23. The number of fused-ring (bicyclic) bond motifs is 1. The standard InChI is InChI=1S/C18H21NO2/c20-17(19-18(21)10-4-1-5-11-18)13-14-8-9-15-6-2-3-7-16(15)12-14/h2-3,6-9,12,21H,1,4-5,10-11,13H2,(H,19,20). The van der Waals surface area contributed by atoms with Crippen LogP contribution in [-0.4, -0.2) is 16.7 Å². The van der Waals surface area contributed by atoms with Crippen molar-refractivity contribution in [2.45, 2.75) is 44.2 Å². The Bertz CT molecular complexity index is 644. The van der Waals surface area contributed by atoms with Crippen molar-refractivity contribution >= 4 is 16.7 Å².